The van der Waals surface area contributed by atoms with Crippen molar-refractivity contribution in [3.05, 3.63) is 71.1 Å². The van der Waals surface area contributed by atoms with Crippen LogP contribution in [0.25, 0.3) is 44.6 Å². The lowest BCUT2D eigenvalue weighted by molar-refractivity contribution is 0.340. The monoisotopic (exact) mass is 349 g/mol. The highest BCUT2D eigenvalue weighted by atomic mass is 15.1. The van der Waals surface area contributed by atoms with Crippen LogP contribution in [0.1, 0.15) is 25.7 Å². The molecular formula is C26H23N. The minimum Gasteiger partial charge on any atom is -0.370 e. The van der Waals surface area contributed by atoms with Gasteiger partial charge in [0.2, 0.25) is 0 Å². The van der Waals surface area contributed by atoms with Crippen molar-refractivity contribution in [2.24, 2.45) is 0 Å². The Labute approximate surface area is 159 Å². The highest BCUT2D eigenvalue weighted by Gasteiger charge is 2.20. The van der Waals surface area contributed by atoms with Crippen LogP contribution in [0.2, 0.25) is 0 Å². The Morgan fingerprint density at radius 3 is 1.85 bits per heavy atom. The zero-order valence-electron chi connectivity index (χ0n) is 15.5. The van der Waals surface area contributed by atoms with E-state index in [1.54, 1.807) is 0 Å². The summed E-state index contributed by atoms with van der Waals surface area (Å²) in [5.41, 5.74) is 0. The average molecular weight is 349 g/mol. The Morgan fingerprint density at radius 2 is 1.19 bits per heavy atom. The van der Waals surface area contributed by atoms with Gasteiger partial charge < -0.3 is 4.90 Å². The molecule has 0 amide bonds. The molecule has 0 atom stereocenters. The van der Waals surface area contributed by atoms with Gasteiger partial charge in [0.15, 0.2) is 0 Å². The number of benzene rings is 4. The molecular weight excluding hydrogens is 326 g/mol. The number of nitrogens with zero attached hydrogens (tertiary/aromatic N) is 1. The second-order valence-electron chi connectivity index (χ2n) is 8.20. The summed E-state index contributed by atoms with van der Waals surface area (Å²) in [5, 5.41) is 10.7. The number of hydrogen-bond donors (Lipinski definition) is 0. The van der Waals surface area contributed by atoms with Crippen molar-refractivity contribution in [2.45, 2.75) is 31.7 Å². The van der Waals surface area contributed by atoms with Crippen LogP contribution >= 0.6 is 0 Å². The van der Waals surface area contributed by atoms with Crippen molar-refractivity contribution in [1.82, 2.24) is 4.90 Å². The van der Waals surface area contributed by atoms with Gasteiger partial charge in [-0.15, -0.1) is 0 Å². The van der Waals surface area contributed by atoms with E-state index in [-0.39, 0.29) is 0 Å². The molecule has 0 unspecified atom stereocenters. The number of hydrogen-bond acceptors (Lipinski definition) is 1. The van der Waals surface area contributed by atoms with Crippen LogP contribution in [0.3, 0.4) is 0 Å². The smallest absolute Gasteiger partial charge is 0.0366 e. The predicted molar refractivity (Wildman–Crippen MR) is 116 cm³/mol. The molecule has 1 fully saturated rings. The Kier molecular flexibility index (Phi) is 3.31. The van der Waals surface area contributed by atoms with E-state index in [1.165, 1.54) is 68.4 Å². The Hall–Kier alpha value is -2.80. The van der Waals surface area contributed by atoms with Crippen molar-refractivity contribution in [3.8, 4) is 0 Å². The summed E-state index contributed by atoms with van der Waals surface area (Å²) in [6, 6.07) is 23.5. The molecule has 0 spiro atoms. The van der Waals surface area contributed by atoms with Crippen molar-refractivity contribution >= 4 is 44.6 Å². The second-order valence-corrected chi connectivity index (χ2v) is 8.20. The summed E-state index contributed by atoms with van der Waals surface area (Å²) in [5.74, 6) is 0. The highest BCUT2D eigenvalue weighted by molar-refractivity contribution is 6.04. The molecule has 132 valence electrons. The molecule has 1 aliphatic carbocycles. The van der Waals surface area contributed by atoms with Gasteiger partial charge in [-0.2, -0.15) is 0 Å². The second kappa shape index (κ2) is 5.85. The third-order valence-electron chi connectivity index (χ3n) is 6.48. The molecule has 1 aliphatic heterocycles. The van der Waals surface area contributed by atoms with Crippen LogP contribution in [0, 0.1) is 0 Å². The zero-order valence-corrected chi connectivity index (χ0v) is 15.5. The Balaban J connectivity index is 1.55. The number of rotatable bonds is 1. The topological polar surface area (TPSA) is 3.24 Å². The van der Waals surface area contributed by atoms with E-state index in [9.17, 15) is 0 Å². The molecule has 0 N–H and O–H groups in total. The molecule has 1 saturated carbocycles. The Bertz CT molecular complexity index is 1310. The fourth-order valence-electron chi connectivity index (χ4n) is 4.99. The summed E-state index contributed by atoms with van der Waals surface area (Å²) in [4.78, 5) is 2.57. The summed E-state index contributed by atoms with van der Waals surface area (Å²) in [7, 11) is 0. The van der Waals surface area contributed by atoms with Gasteiger partial charge in [0.05, 0.1) is 0 Å². The molecule has 0 aromatic heterocycles. The van der Waals surface area contributed by atoms with Crippen LogP contribution < -0.4 is 10.4 Å². The summed E-state index contributed by atoms with van der Waals surface area (Å²) in [6.45, 7) is 1.06. The summed E-state index contributed by atoms with van der Waals surface area (Å²) in [6.07, 6.45) is 10.3. The molecule has 1 nitrogen and oxygen atoms in total. The predicted octanol–water partition coefficient (Wildman–Crippen LogP) is 4.92. The van der Waals surface area contributed by atoms with Crippen molar-refractivity contribution < 1.29 is 0 Å². The lowest BCUT2D eigenvalue weighted by atomic mass is 9.98. The largest absolute Gasteiger partial charge is 0.370 e. The maximum atomic E-state index is 2.57. The normalized spacial score (nSPS) is 17.3. The van der Waals surface area contributed by atoms with E-state index >= 15 is 0 Å². The standard InChI is InChI=1S/C26H23N/c1-2-6-19-12-22-15-24-16-25-17-27(26-7-3-4-8-26)10-9-20(25)13-23(24)14-21(22)11-18(19)5-1/h1-2,5-6,9,11-17,26H,3-4,7-8,10H2. The minimum atomic E-state index is 0.744. The van der Waals surface area contributed by atoms with Gasteiger partial charge in [0.1, 0.15) is 0 Å². The lowest BCUT2D eigenvalue weighted by Crippen LogP contribution is -2.39. The third-order valence-corrected chi connectivity index (χ3v) is 6.48. The molecule has 0 bridgehead atoms. The molecule has 4 aromatic rings. The first-order chi connectivity index (χ1) is 13.3. The van der Waals surface area contributed by atoms with Gasteiger partial charge >= 0.3 is 0 Å². The molecule has 1 heteroatoms. The van der Waals surface area contributed by atoms with Crippen molar-refractivity contribution in [3.63, 3.8) is 0 Å². The van der Waals surface area contributed by atoms with E-state index < -0.39 is 0 Å². The molecule has 2 aliphatic rings. The van der Waals surface area contributed by atoms with Gasteiger partial charge in [0.25, 0.3) is 0 Å². The Morgan fingerprint density at radius 1 is 0.630 bits per heavy atom. The fraction of sp³-hybridized carbons (Fsp3) is 0.231. The van der Waals surface area contributed by atoms with Crippen molar-refractivity contribution in [2.75, 3.05) is 6.54 Å². The average Bonchev–Trinajstić information content (AvgIpc) is 3.23. The maximum absolute atomic E-state index is 2.57. The van der Waals surface area contributed by atoms with Crippen LogP contribution in [0.4, 0.5) is 0 Å². The van der Waals surface area contributed by atoms with Crippen LogP contribution in [-0.2, 0) is 0 Å². The van der Waals surface area contributed by atoms with Gasteiger partial charge in [0, 0.05) is 18.8 Å². The van der Waals surface area contributed by atoms with E-state index in [0.29, 0.717) is 0 Å². The van der Waals surface area contributed by atoms with Gasteiger partial charge in [-0.1, -0.05) is 43.2 Å². The van der Waals surface area contributed by atoms with E-state index in [4.69, 9.17) is 0 Å². The fourth-order valence-corrected chi connectivity index (χ4v) is 4.99. The van der Waals surface area contributed by atoms with Crippen LogP contribution in [0.5, 0.6) is 0 Å². The molecule has 4 aromatic carbocycles. The SMILES string of the molecule is C1=c2cc3cc4cc5ccccc5cc4cc3cc2=CN(C2CCCC2)C1. The zero-order chi connectivity index (χ0) is 17.8. The molecule has 6 rings (SSSR count). The molecule has 0 saturated heterocycles. The molecule has 27 heavy (non-hydrogen) atoms. The first kappa shape index (κ1) is 15.3. The van der Waals surface area contributed by atoms with E-state index in [2.05, 4.69) is 77.8 Å². The minimum absolute atomic E-state index is 0.744. The van der Waals surface area contributed by atoms with Crippen molar-refractivity contribution in [1.29, 1.82) is 0 Å². The van der Waals surface area contributed by atoms with Crippen LogP contribution in [0.15, 0.2) is 60.7 Å². The lowest BCUT2D eigenvalue weighted by Gasteiger charge is -2.28. The quantitative estimate of drug-likeness (QED) is 0.441. The third kappa shape index (κ3) is 2.53. The maximum Gasteiger partial charge on any atom is 0.0366 e. The van der Waals surface area contributed by atoms with E-state index in [0.717, 1.165) is 12.6 Å². The highest BCUT2D eigenvalue weighted by Crippen LogP contribution is 2.27. The number of fused-ring (bicyclic) bond motifs is 4. The van der Waals surface area contributed by atoms with Gasteiger partial charge in [-0.3, -0.25) is 0 Å². The molecule has 0 radical (unpaired) electrons. The van der Waals surface area contributed by atoms with E-state index in [1.807, 2.05) is 0 Å². The molecule has 1 heterocycles. The first-order valence-electron chi connectivity index (χ1n) is 10.2. The first-order valence-corrected chi connectivity index (χ1v) is 10.2. The summed E-state index contributed by atoms with van der Waals surface area (Å²) >= 11 is 0. The summed E-state index contributed by atoms with van der Waals surface area (Å²) < 4.78 is 0. The van der Waals surface area contributed by atoms with Crippen LogP contribution in [-0.4, -0.2) is 17.5 Å². The van der Waals surface area contributed by atoms with Gasteiger partial charge in [-0.25, -0.2) is 0 Å². The van der Waals surface area contributed by atoms with Gasteiger partial charge in [-0.05, 0) is 92.0 Å².